The third-order valence-corrected chi connectivity index (χ3v) is 11.7. The summed E-state index contributed by atoms with van der Waals surface area (Å²) in [4.78, 5) is 31.3. The highest BCUT2D eigenvalue weighted by atomic mass is 127. The molecule has 2 bridgehead atoms. The van der Waals surface area contributed by atoms with Crippen molar-refractivity contribution in [2.24, 2.45) is 0 Å². The molecule has 3 aromatic carbocycles. The number of rotatable bonds is 9. The molecule has 15 heteroatoms. The number of anilines is 2. The molecular formula is C41H41ClF3IN6O4. The number of hydrogen-bond donors (Lipinski definition) is 0. The number of ether oxygens (including phenoxy) is 3. The van der Waals surface area contributed by atoms with Gasteiger partial charge in [-0.25, -0.2) is 18.6 Å². The lowest BCUT2D eigenvalue weighted by Crippen LogP contribution is -2.57. The topological polar surface area (TPSA) is 93.2 Å². The van der Waals surface area contributed by atoms with Gasteiger partial charge in [0, 0.05) is 40.7 Å². The lowest BCUT2D eigenvalue weighted by Gasteiger charge is -2.42. The molecule has 2 unspecified atom stereocenters. The van der Waals surface area contributed by atoms with Crippen LogP contribution in [0.2, 0.25) is 5.02 Å². The third kappa shape index (κ3) is 7.86. The monoisotopic (exact) mass is 900 g/mol. The number of carbonyl (C=O) groups excluding carboxylic acids is 1. The van der Waals surface area contributed by atoms with E-state index in [9.17, 15) is 4.79 Å². The van der Waals surface area contributed by atoms with Crippen LogP contribution in [0.15, 0.2) is 54.6 Å². The molecule has 2 atom stereocenters. The standard InChI is InChI=1S/C41H41ClF3IN6O4/c1-22-32(43)38(50(18-23-7-13-27(54-5)14-8-23)19-24-9-15-28(55-6)16-10-24)47-36(34(22)46)31-30(42)17-29-35(33(31)44)48-39(45)49-37(29)51-20-25-11-12-26(21-51)52(25)40(53)56-41(2,3)4/h7-10,13-17,25-26H,11-12,18-21H2,1-6H3. The van der Waals surface area contributed by atoms with E-state index in [0.717, 1.165) is 24.0 Å². The molecule has 7 rings (SSSR count). The number of aromatic nitrogens is 3. The van der Waals surface area contributed by atoms with Crippen LogP contribution in [0.3, 0.4) is 0 Å². The zero-order valence-electron chi connectivity index (χ0n) is 31.8. The van der Waals surface area contributed by atoms with E-state index in [-0.39, 0.29) is 69.6 Å². The molecule has 0 N–H and O–H groups in total. The molecule has 5 aromatic rings. The second-order valence-electron chi connectivity index (χ2n) is 15.0. The van der Waals surface area contributed by atoms with Crippen molar-refractivity contribution in [3.63, 3.8) is 0 Å². The van der Waals surface area contributed by atoms with Crippen LogP contribution in [-0.2, 0) is 17.8 Å². The Morgan fingerprint density at radius 3 is 1.96 bits per heavy atom. The van der Waals surface area contributed by atoms with Crippen LogP contribution >= 0.6 is 34.2 Å². The summed E-state index contributed by atoms with van der Waals surface area (Å²) < 4.78 is 65.5. The highest BCUT2D eigenvalue weighted by molar-refractivity contribution is 14.1. The summed E-state index contributed by atoms with van der Waals surface area (Å²) in [5, 5.41) is 0.179. The van der Waals surface area contributed by atoms with Gasteiger partial charge in [0.1, 0.15) is 28.4 Å². The van der Waals surface area contributed by atoms with E-state index in [0.29, 0.717) is 28.2 Å². The first kappa shape index (κ1) is 39.7. The Labute approximate surface area is 342 Å². The number of methoxy groups -OCH3 is 2. The van der Waals surface area contributed by atoms with E-state index in [2.05, 4.69) is 9.97 Å². The van der Waals surface area contributed by atoms with Crippen molar-refractivity contribution in [2.45, 2.75) is 71.3 Å². The van der Waals surface area contributed by atoms with Crippen molar-refractivity contribution in [3.8, 4) is 22.8 Å². The van der Waals surface area contributed by atoms with Gasteiger partial charge in [0.05, 0.1) is 42.6 Å². The third-order valence-electron chi connectivity index (χ3n) is 10.1. The van der Waals surface area contributed by atoms with Crippen LogP contribution in [0.25, 0.3) is 22.2 Å². The van der Waals surface area contributed by atoms with E-state index in [1.54, 1.807) is 30.9 Å². The van der Waals surface area contributed by atoms with Gasteiger partial charge in [0.15, 0.2) is 17.5 Å². The predicted molar refractivity (Wildman–Crippen MR) is 218 cm³/mol. The van der Waals surface area contributed by atoms with Gasteiger partial charge in [-0.1, -0.05) is 35.9 Å². The first-order valence-corrected chi connectivity index (χ1v) is 19.6. The summed E-state index contributed by atoms with van der Waals surface area (Å²) in [6.07, 6.45) is -0.0552. The van der Waals surface area contributed by atoms with E-state index in [4.69, 9.17) is 30.8 Å². The summed E-state index contributed by atoms with van der Waals surface area (Å²) in [6.45, 7) is 8.21. The molecule has 4 heterocycles. The molecule has 0 spiro atoms. The zero-order chi connectivity index (χ0) is 40.1. The largest absolute Gasteiger partial charge is 0.497 e. The average Bonchev–Trinajstić information content (AvgIpc) is 3.43. The van der Waals surface area contributed by atoms with Crippen LogP contribution in [0.5, 0.6) is 11.5 Å². The molecule has 0 aliphatic carbocycles. The Morgan fingerprint density at radius 1 is 0.893 bits per heavy atom. The molecule has 2 saturated heterocycles. The lowest BCUT2D eigenvalue weighted by molar-refractivity contribution is 0.0122. The molecule has 2 aliphatic heterocycles. The Balaban J connectivity index is 1.29. The smallest absolute Gasteiger partial charge is 0.410 e. The number of carbonyl (C=O) groups is 1. The minimum absolute atomic E-state index is 0.0204. The summed E-state index contributed by atoms with van der Waals surface area (Å²) >= 11 is 8.89. The molecule has 10 nitrogen and oxygen atoms in total. The second kappa shape index (κ2) is 15.8. The Kier molecular flexibility index (Phi) is 11.2. The number of nitrogens with zero attached hydrogens (tertiary/aromatic N) is 6. The SMILES string of the molecule is COc1ccc(CN(Cc2ccc(OC)cc2)c2nc(-c3c(Cl)cc4c(N5CC6CCC(C5)N6C(=O)OC(C)(C)C)nc(F)nc4c3F)c(I)c(C)c2F)cc1. The number of pyridine rings is 1. The van der Waals surface area contributed by atoms with Gasteiger partial charge < -0.3 is 24.0 Å². The lowest BCUT2D eigenvalue weighted by atomic mass is 10.0. The molecule has 2 fully saturated rings. The van der Waals surface area contributed by atoms with Crippen LogP contribution < -0.4 is 19.3 Å². The number of benzene rings is 3. The fraction of sp³-hybridized carbons (Fsp3) is 0.366. The van der Waals surface area contributed by atoms with Gasteiger partial charge in [0.2, 0.25) is 0 Å². The molecule has 56 heavy (non-hydrogen) atoms. The van der Waals surface area contributed by atoms with E-state index < -0.39 is 29.4 Å². The molecule has 0 saturated carbocycles. The Hall–Kier alpha value is -4.57. The summed E-state index contributed by atoms with van der Waals surface area (Å²) in [5.74, 6) is 0.00938. The van der Waals surface area contributed by atoms with Gasteiger partial charge in [-0.2, -0.15) is 14.4 Å². The van der Waals surface area contributed by atoms with Crippen molar-refractivity contribution in [1.29, 1.82) is 0 Å². The number of fused-ring (bicyclic) bond motifs is 3. The van der Waals surface area contributed by atoms with Gasteiger partial charge in [0.25, 0.3) is 0 Å². The van der Waals surface area contributed by atoms with E-state index >= 15 is 13.2 Å². The maximum atomic E-state index is 17.0. The number of amides is 1. The van der Waals surface area contributed by atoms with Crippen molar-refractivity contribution >= 4 is 62.8 Å². The van der Waals surface area contributed by atoms with Gasteiger partial charge in [-0.05, 0) is 105 Å². The number of hydrogen-bond acceptors (Lipinski definition) is 9. The molecule has 294 valence electrons. The van der Waals surface area contributed by atoms with Crippen LogP contribution in [0.1, 0.15) is 50.3 Å². The number of halogens is 5. The fourth-order valence-corrected chi connectivity index (χ4v) is 8.34. The average molecular weight is 901 g/mol. The fourth-order valence-electron chi connectivity index (χ4n) is 7.43. The van der Waals surface area contributed by atoms with Gasteiger partial charge >= 0.3 is 12.2 Å². The van der Waals surface area contributed by atoms with Crippen LogP contribution in [0.4, 0.5) is 29.6 Å². The second-order valence-corrected chi connectivity index (χ2v) is 16.5. The van der Waals surface area contributed by atoms with E-state index in [1.165, 1.54) is 6.07 Å². The summed E-state index contributed by atoms with van der Waals surface area (Å²) in [5.41, 5.74) is 0.949. The maximum Gasteiger partial charge on any atom is 0.410 e. The zero-order valence-corrected chi connectivity index (χ0v) is 34.7. The highest BCUT2D eigenvalue weighted by Gasteiger charge is 2.45. The van der Waals surface area contributed by atoms with Gasteiger partial charge in [-0.15, -0.1) is 0 Å². The van der Waals surface area contributed by atoms with Crippen LogP contribution in [-0.4, -0.2) is 70.9 Å². The minimum Gasteiger partial charge on any atom is -0.497 e. The molecule has 2 aliphatic rings. The summed E-state index contributed by atoms with van der Waals surface area (Å²) in [6, 6.07) is 15.9. The highest BCUT2D eigenvalue weighted by Crippen LogP contribution is 2.43. The quantitative estimate of drug-likeness (QED) is 0.106. The normalized spacial score (nSPS) is 16.7. The minimum atomic E-state index is -1.12. The molecule has 1 amide bonds. The molecule has 2 aromatic heterocycles. The van der Waals surface area contributed by atoms with Crippen LogP contribution in [0, 0.1) is 28.2 Å². The Bertz CT molecular complexity index is 2230. The Morgan fingerprint density at radius 2 is 1.45 bits per heavy atom. The van der Waals surface area contributed by atoms with Crippen molar-refractivity contribution in [1.82, 2.24) is 19.9 Å². The predicted octanol–water partition coefficient (Wildman–Crippen LogP) is 9.49. The van der Waals surface area contributed by atoms with E-state index in [1.807, 2.05) is 96.8 Å². The van der Waals surface area contributed by atoms with Crippen molar-refractivity contribution < 1.29 is 32.2 Å². The summed E-state index contributed by atoms with van der Waals surface area (Å²) in [7, 11) is 3.16. The van der Waals surface area contributed by atoms with Gasteiger partial charge in [-0.3, -0.25) is 4.90 Å². The first-order chi connectivity index (χ1) is 26.6. The first-order valence-electron chi connectivity index (χ1n) is 18.1. The maximum absolute atomic E-state index is 17.0. The molecular weight excluding hydrogens is 860 g/mol. The van der Waals surface area contributed by atoms with Crippen molar-refractivity contribution in [2.75, 3.05) is 37.1 Å². The van der Waals surface area contributed by atoms with Crippen molar-refractivity contribution in [3.05, 3.63) is 97.6 Å². The molecule has 0 radical (unpaired) electrons. The number of piperazine rings is 1.